The van der Waals surface area contributed by atoms with Crippen molar-refractivity contribution in [1.82, 2.24) is 0 Å². The number of carbonyl (C=O) groups is 1. The van der Waals surface area contributed by atoms with E-state index in [0.29, 0.717) is 18.1 Å². The maximum Gasteiger partial charge on any atom is 0.237 e. The molecule has 1 amide bonds. The van der Waals surface area contributed by atoms with Gasteiger partial charge in [0, 0.05) is 11.0 Å². The molecule has 3 nitrogen and oxygen atoms in total. The molecule has 2 unspecified atom stereocenters. The zero-order valence-corrected chi connectivity index (χ0v) is 11.5. The third-order valence-electron chi connectivity index (χ3n) is 3.56. The Kier molecular flexibility index (Phi) is 3.97. The third-order valence-corrected chi connectivity index (χ3v) is 4.94. The Labute approximate surface area is 112 Å². The van der Waals surface area contributed by atoms with E-state index in [4.69, 9.17) is 11.5 Å². The number of rotatable bonds is 4. The van der Waals surface area contributed by atoms with Crippen molar-refractivity contribution in [2.24, 2.45) is 11.5 Å². The highest BCUT2D eigenvalue weighted by atomic mass is 32.2. The van der Waals surface area contributed by atoms with Gasteiger partial charge < -0.3 is 11.5 Å². The van der Waals surface area contributed by atoms with Gasteiger partial charge in [0.25, 0.3) is 0 Å². The number of amides is 1. The van der Waals surface area contributed by atoms with E-state index in [1.165, 1.54) is 11.1 Å². The molecule has 0 heterocycles. The number of nitrogens with two attached hydrogens (primary N) is 2. The van der Waals surface area contributed by atoms with Crippen LogP contribution in [0.4, 0.5) is 0 Å². The summed E-state index contributed by atoms with van der Waals surface area (Å²) in [4.78, 5) is 11.3. The number of benzene rings is 1. The van der Waals surface area contributed by atoms with Crippen molar-refractivity contribution in [3.05, 3.63) is 35.4 Å². The maximum absolute atomic E-state index is 11.3. The second-order valence-electron chi connectivity index (χ2n) is 5.19. The van der Waals surface area contributed by atoms with Crippen LogP contribution in [0.2, 0.25) is 0 Å². The van der Waals surface area contributed by atoms with Gasteiger partial charge in [0.05, 0.1) is 5.54 Å². The van der Waals surface area contributed by atoms with Crippen molar-refractivity contribution in [3.63, 3.8) is 0 Å². The van der Waals surface area contributed by atoms with Crippen LogP contribution < -0.4 is 11.5 Å². The second-order valence-corrected chi connectivity index (χ2v) is 6.47. The molecule has 4 N–H and O–H groups in total. The van der Waals surface area contributed by atoms with Crippen LogP contribution in [-0.4, -0.2) is 16.7 Å². The third kappa shape index (κ3) is 3.06. The highest BCUT2D eigenvalue weighted by Crippen LogP contribution is 2.36. The van der Waals surface area contributed by atoms with Crippen molar-refractivity contribution in [3.8, 4) is 0 Å². The summed E-state index contributed by atoms with van der Waals surface area (Å²) in [5, 5.41) is 0.447. The summed E-state index contributed by atoms with van der Waals surface area (Å²) in [6.45, 7) is 2.10. The average molecular weight is 264 g/mol. The summed E-state index contributed by atoms with van der Waals surface area (Å²) in [6.07, 6.45) is 2.41. The van der Waals surface area contributed by atoms with Crippen LogP contribution in [0.25, 0.3) is 0 Å². The number of thioether (sulfide) groups is 1. The standard InChI is InChI=1S/C14H20N2OS/c1-10-3-2-4-11(7-10)9-18-12-5-6-14(16,8-12)13(15)17/h2-4,7,12H,5-6,8-9,16H2,1H3,(H2,15,17). The van der Waals surface area contributed by atoms with Gasteiger partial charge in [0.1, 0.15) is 0 Å². The number of carbonyl (C=O) groups excluding carboxylic acids is 1. The van der Waals surface area contributed by atoms with Gasteiger partial charge in [0.15, 0.2) is 0 Å². The van der Waals surface area contributed by atoms with E-state index in [0.717, 1.165) is 12.2 Å². The van der Waals surface area contributed by atoms with E-state index in [1.807, 2.05) is 11.8 Å². The summed E-state index contributed by atoms with van der Waals surface area (Å²) in [7, 11) is 0. The highest BCUT2D eigenvalue weighted by Gasteiger charge is 2.40. The normalized spacial score (nSPS) is 27.3. The predicted molar refractivity (Wildman–Crippen MR) is 76.2 cm³/mol. The van der Waals surface area contributed by atoms with Crippen LogP contribution in [0.3, 0.4) is 0 Å². The molecule has 2 rings (SSSR count). The lowest BCUT2D eigenvalue weighted by atomic mass is 9.99. The molecule has 1 fully saturated rings. The fourth-order valence-corrected chi connectivity index (χ4v) is 3.72. The van der Waals surface area contributed by atoms with Crippen LogP contribution >= 0.6 is 11.8 Å². The Balaban J connectivity index is 1.88. The second kappa shape index (κ2) is 5.33. The van der Waals surface area contributed by atoms with Gasteiger partial charge in [-0.15, -0.1) is 0 Å². The summed E-state index contributed by atoms with van der Waals surface area (Å²) in [5.74, 6) is 0.613. The molecule has 0 saturated heterocycles. The Hall–Kier alpha value is -1.00. The lowest BCUT2D eigenvalue weighted by molar-refractivity contribution is -0.122. The van der Waals surface area contributed by atoms with Crippen LogP contribution in [-0.2, 0) is 10.5 Å². The predicted octanol–water partition coefficient (Wildman–Crippen LogP) is 1.96. The Morgan fingerprint density at radius 2 is 2.33 bits per heavy atom. The van der Waals surface area contributed by atoms with Crippen LogP contribution in [0.1, 0.15) is 30.4 Å². The minimum Gasteiger partial charge on any atom is -0.368 e. The van der Waals surface area contributed by atoms with E-state index < -0.39 is 5.54 Å². The molecule has 1 aliphatic rings. The first-order chi connectivity index (χ1) is 8.49. The Morgan fingerprint density at radius 1 is 1.56 bits per heavy atom. The topological polar surface area (TPSA) is 69.1 Å². The first-order valence-corrected chi connectivity index (χ1v) is 7.30. The van der Waals surface area contributed by atoms with E-state index >= 15 is 0 Å². The molecule has 2 atom stereocenters. The molecular weight excluding hydrogens is 244 g/mol. The highest BCUT2D eigenvalue weighted by molar-refractivity contribution is 7.99. The van der Waals surface area contributed by atoms with Crippen LogP contribution in [0.15, 0.2) is 24.3 Å². The molecule has 0 bridgehead atoms. The van der Waals surface area contributed by atoms with Gasteiger partial charge in [-0.1, -0.05) is 29.8 Å². The summed E-state index contributed by atoms with van der Waals surface area (Å²) >= 11 is 1.88. The zero-order valence-electron chi connectivity index (χ0n) is 10.7. The molecule has 1 saturated carbocycles. The molecule has 98 valence electrons. The molecule has 0 aromatic heterocycles. The van der Waals surface area contributed by atoms with Crippen molar-refractivity contribution in [2.45, 2.75) is 42.7 Å². The minimum atomic E-state index is -0.774. The monoisotopic (exact) mass is 264 g/mol. The molecule has 4 heteroatoms. The fourth-order valence-electron chi connectivity index (χ4n) is 2.41. The quantitative estimate of drug-likeness (QED) is 0.873. The molecule has 0 spiro atoms. The lowest BCUT2D eigenvalue weighted by Gasteiger charge is -2.19. The first-order valence-electron chi connectivity index (χ1n) is 6.25. The maximum atomic E-state index is 11.3. The van der Waals surface area contributed by atoms with Crippen molar-refractivity contribution >= 4 is 17.7 Å². The molecule has 1 aromatic carbocycles. The summed E-state index contributed by atoms with van der Waals surface area (Å²) in [6, 6.07) is 8.52. The van der Waals surface area contributed by atoms with E-state index in [-0.39, 0.29) is 5.91 Å². The number of hydrogen-bond donors (Lipinski definition) is 2. The van der Waals surface area contributed by atoms with Crippen LogP contribution in [0.5, 0.6) is 0 Å². The Morgan fingerprint density at radius 3 is 2.94 bits per heavy atom. The number of aryl methyl sites for hydroxylation is 1. The zero-order chi connectivity index (χ0) is 13.2. The molecule has 18 heavy (non-hydrogen) atoms. The largest absolute Gasteiger partial charge is 0.368 e. The smallest absolute Gasteiger partial charge is 0.237 e. The molecule has 1 aliphatic carbocycles. The average Bonchev–Trinajstić information content (AvgIpc) is 2.70. The van der Waals surface area contributed by atoms with Gasteiger partial charge in [-0.05, 0) is 31.7 Å². The molecule has 0 radical (unpaired) electrons. The minimum absolute atomic E-state index is 0.360. The van der Waals surface area contributed by atoms with Gasteiger partial charge in [0.2, 0.25) is 5.91 Å². The molecule has 0 aliphatic heterocycles. The number of primary amides is 1. The first kappa shape index (κ1) is 13.4. The number of hydrogen-bond acceptors (Lipinski definition) is 3. The Bertz CT molecular complexity index is 449. The van der Waals surface area contributed by atoms with Crippen LogP contribution in [0, 0.1) is 6.92 Å². The molecule has 1 aromatic rings. The van der Waals surface area contributed by atoms with Crippen molar-refractivity contribution in [2.75, 3.05) is 0 Å². The lowest BCUT2D eigenvalue weighted by Crippen LogP contribution is -2.50. The molecular formula is C14H20N2OS. The van der Waals surface area contributed by atoms with Gasteiger partial charge >= 0.3 is 0 Å². The van der Waals surface area contributed by atoms with Crippen molar-refractivity contribution in [1.29, 1.82) is 0 Å². The van der Waals surface area contributed by atoms with Crippen molar-refractivity contribution < 1.29 is 4.79 Å². The van der Waals surface area contributed by atoms with E-state index in [9.17, 15) is 4.79 Å². The summed E-state index contributed by atoms with van der Waals surface area (Å²) in [5.41, 5.74) is 13.2. The van der Waals surface area contributed by atoms with Gasteiger partial charge in [-0.3, -0.25) is 4.79 Å². The SMILES string of the molecule is Cc1cccc(CSC2CCC(N)(C(N)=O)C2)c1. The van der Waals surface area contributed by atoms with Gasteiger partial charge in [-0.25, -0.2) is 0 Å². The van der Waals surface area contributed by atoms with E-state index in [1.54, 1.807) is 0 Å². The summed E-state index contributed by atoms with van der Waals surface area (Å²) < 4.78 is 0. The van der Waals surface area contributed by atoms with Gasteiger partial charge in [-0.2, -0.15) is 11.8 Å². The van der Waals surface area contributed by atoms with E-state index in [2.05, 4.69) is 31.2 Å². The fraction of sp³-hybridized carbons (Fsp3) is 0.500.